The number of hydrogen-bond acceptors (Lipinski definition) is 4. The lowest BCUT2D eigenvalue weighted by atomic mass is 9.94. The molecule has 6 rings (SSSR count). The van der Waals surface area contributed by atoms with Crippen LogP contribution in [0, 0.1) is 0 Å². The molecule has 0 bridgehead atoms. The van der Waals surface area contributed by atoms with Crippen LogP contribution in [0.1, 0.15) is 17.2 Å². The zero-order valence-electron chi connectivity index (χ0n) is 16.2. The van der Waals surface area contributed by atoms with Crippen LogP contribution < -0.4 is 10.9 Å². The third kappa shape index (κ3) is 2.69. The number of rotatable bonds is 2. The van der Waals surface area contributed by atoms with E-state index in [0.717, 1.165) is 27.8 Å². The molecule has 0 fully saturated rings. The van der Waals surface area contributed by atoms with Gasteiger partial charge < -0.3 is 5.32 Å². The van der Waals surface area contributed by atoms with E-state index in [-0.39, 0.29) is 5.56 Å². The molecule has 1 unspecified atom stereocenters. The first-order chi connectivity index (χ1) is 15.2. The molecule has 0 saturated heterocycles. The standard InChI is InChI=1S/C24H16ClN5O/c25-16-12-10-15(11-13-16)22-20-21(28-24-26-14-27-30(22)24)18-8-4-5-9-19(18)29(23(20)31)17-6-2-1-3-7-17/h1-14,22H,(H,26,27,28). The molecule has 150 valence electrons. The minimum absolute atomic E-state index is 0.103. The predicted octanol–water partition coefficient (Wildman–Crippen LogP) is 4.93. The van der Waals surface area contributed by atoms with Gasteiger partial charge in [-0.1, -0.05) is 60.1 Å². The van der Waals surface area contributed by atoms with Crippen molar-refractivity contribution < 1.29 is 0 Å². The summed E-state index contributed by atoms with van der Waals surface area (Å²) < 4.78 is 3.51. The average Bonchev–Trinajstić information content (AvgIpc) is 3.28. The lowest BCUT2D eigenvalue weighted by Crippen LogP contribution is -2.33. The Labute approximate surface area is 182 Å². The average molecular weight is 426 g/mol. The van der Waals surface area contributed by atoms with Crippen molar-refractivity contribution in [2.24, 2.45) is 0 Å². The summed E-state index contributed by atoms with van der Waals surface area (Å²) in [6.07, 6.45) is 1.50. The van der Waals surface area contributed by atoms with Crippen molar-refractivity contribution in [3.05, 3.63) is 112 Å². The molecule has 0 amide bonds. The van der Waals surface area contributed by atoms with Crippen LogP contribution >= 0.6 is 11.6 Å². The molecule has 1 atom stereocenters. The zero-order valence-corrected chi connectivity index (χ0v) is 17.0. The van der Waals surface area contributed by atoms with E-state index in [1.807, 2.05) is 78.9 Å². The lowest BCUT2D eigenvalue weighted by Gasteiger charge is -2.29. The summed E-state index contributed by atoms with van der Waals surface area (Å²) in [7, 11) is 0. The number of aromatic nitrogens is 4. The normalized spacial score (nSPS) is 14.7. The van der Waals surface area contributed by atoms with Gasteiger partial charge in [-0.15, -0.1) is 0 Å². The Morgan fingerprint density at radius 3 is 2.45 bits per heavy atom. The first-order valence-corrected chi connectivity index (χ1v) is 10.3. The van der Waals surface area contributed by atoms with E-state index < -0.39 is 6.04 Å². The monoisotopic (exact) mass is 425 g/mol. The molecule has 0 spiro atoms. The number of para-hydroxylation sites is 2. The first kappa shape index (κ1) is 17.9. The van der Waals surface area contributed by atoms with Crippen LogP contribution in [0.15, 0.2) is 90.0 Å². The highest BCUT2D eigenvalue weighted by atomic mass is 35.5. The molecule has 3 heterocycles. The first-order valence-electron chi connectivity index (χ1n) is 9.87. The van der Waals surface area contributed by atoms with E-state index in [1.165, 1.54) is 6.33 Å². The minimum Gasteiger partial charge on any atom is -0.323 e. The highest BCUT2D eigenvalue weighted by Gasteiger charge is 2.33. The van der Waals surface area contributed by atoms with E-state index in [2.05, 4.69) is 15.4 Å². The Morgan fingerprint density at radius 2 is 1.65 bits per heavy atom. The van der Waals surface area contributed by atoms with Gasteiger partial charge in [0.1, 0.15) is 12.4 Å². The second-order valence-corrected chi connectivity index (χ2v) is 7.83. The smallest absolute Gasteiger partial charge is 0.263 e. The van der Waals surface area contributed by atoms with Gasteiger partial charge in [0.15, 0.2) is 0 Å². The molecule has 0 aliphatic carbocycles. The molecule has 3 aromatic carbocycles. The number of nitrogens with zero attached hydrogens (tertiary/aromatic N) is 4. The summed E-state index contributed by atoms with van der Waals surface area (Å²) in [5.41, 5.74) is 3.81. The summed E-state index contributed by atoms with van der Waals surface area (Å²) >= 11 is 6.13. The van der Waals surface area contributed by atoms with Crippen molar-refractivity contribution in [3.8, 4) is 5.69 Å². The highest BCUT2D eigenvalue weighted by molar-refractivity contribution is 6.30. The number of anilines is 2. The Balaban J connectivity index is 1.74. The second-order valence-electron chi connectivity index (χ2n) is 7.39. The molecule has 7 heteroatoms. The van der Waals surface area contributed by atoms with Crippen molar-refractivity contribution in [3.63, 3.8) is 0 Å². The minimum atomic E-state index is -0.432. The maximum atomic E-state index is 14.0. The quantitative estimate of drug-likeness (QED) is 0.427. The summed E-state index contributed by atoms with van der Waals surface area (Å²) in [6, 6.07) is 24.6. The second kappa shape index (κ2) is 6.82. The highest BCUT2D eigenvalue weighted by Crippen LogP contribution is 2.40. The maximum absolute atomic E-state index is 14.0. The SMILES string of the molecule is O=c1c2c(c3ccccc3n1-c1ccccc1)Nc1ncnn1C2c1ccc(Cl)cc1. The van der Waals surface area contributed by atoms with Crippen molar-refractivity contribution >= 4 is 34.1 Å². The van der Waals surface area contributed by atoms with E-state index in [1.54, 1.807) is 9.25 Å². The van der Waals surface area contributed by atoms with Crippen LogP contribution in [-0.2, 0) is 0 Å². The van der Waals surface area contributed by atoms with Gasteiger partial charge in [-0.3, -0.25) is 9.36 Å². The van der Waals surface area contributed by atoms with Gasteiger partial charge in [0.25, 0.3) is 5.56 Å². The summed E-state index contributed by atoms with van der Waals surface area (Å²) in [6.45, 7) is 0. The van der Waals surface area contributed by atoms with Crippen LogP contribution in [0.25, 0.3) is 16.6 Å². The Morgan fingerprint density at radius 1 is 0.903 bits per heavy atom. The zero-order chi connectivity index (χ0) is 20.9. The van der Waals surface area contributed by atoms with Crippen LogP contribution in [0.3, 0.4) is 0 Å². The van der Waals surface area contributed by atoms with Gasteiger partial charge in [-0.25, -0.2) is 4.68 Å². The number of hydrogen-bond donors (Lipinski definition) is 1. The van der Waals surface area contributed by atoms with Gasteiger partial charge in [-0.05, 0) is 35.9 Å². The summed E-state index contributed by atoms with van der Waals surface area (Å²) in [4.78, 5) is 18.4. The lowest BCUT2D eigenvalue weighted by molar-refractivity contribution is 0.587. The van der Waals surface area contributed by atoms with E-state index in [4.69, 9.17) is 11.6 Å². The van der Waals surface area contributed by atoms with Crippen molar-refractivity contribution in [1.82, 2.24) is 19.3 Å². The largest absolute Gasteiger partial charge is 0.323 e. The van der Waals surface area contributed by atoms with Crippen molar-refractivity contribution in [2.75, 3.05) is 5.32 Å². The Hall–Kier alpha value is -3.90. The van der Waals surface area contributed by atoms with Gasteiger partial charge in [0, 0.05) is 16.1 Å². The van der Waals surface area contributed by atoms with Gasteiger partial charge in [0.2, 0.25) is 5.95 Å². The van der Waals surface area contributed by atoms with Crippen LogP contribution in [0.5, 0.6) is 0 Å². The molecule has 0 saturated carbocycles. The fourth-order valence-corrected chi connectivity index (χ4v) is 4.43. The molecule has 31 heavy (non-hydrogen) atoms. The van der Waals surface area contributed by atoms with E-state index in [9.17, 15) is 4.79 Å². The molecular formula is C24H16ClN5O. The van der Waals surface area contributed by atoms with Gasteiger partial charge >= 0.3 is 0 Å². The third-order valence-electron chi connectivity index (χ3n) is 5.65. The Bertz CT molecular complexity index is 1490. The summed E-state index contributed by atoms with van der Waals surface area (Å²) in [5.74, 6) is 0.592. The number of benzene rings is 3. The molecular weight excluding hydrogens is 410 g/mol. The van der Waals surface area contributed by atoms with Crippen molar-refractivity contribution in [1.29, 1.82) is 0 Å². The number of halogens is 1. The van der Waals surface area contributed by atoms with Gasteiger partial charge in [-0.2, -0.15) is 10.1 Å². The van der Waals surface area contributed by atoms with Crippen LogP contribution in [-0.4, -0.2) is 19.3 Å². The topological polar surface area (TPSA) is 64.7 Å². The van der Waals surface area contributed by atoms with Crippen LogP contribution in [0.2, 0.25) is 5.02 Å². The molecule has 1 aliphatic rings. The maximum Gasteiger partial charge on any atom is 0.263 e. The number of pyridine rings is 1. The molecule has 6 nitrogen and oxygen atoms in total. The molecule has 2 aromatic heterocycles. The Kier molecular flexibility index (Phi) is 3.94. The number of nitrogens with one attached hydrogen (secondary N) is 1. The van der Waals surface area contributed by atoms with Crippen LogP contribution in [0.4, 0.5) is 11.6 Å². The summed E-state index contributed by atoms with van der Waals surface area (Å²) in [5, 5.41) is 9.34. The number of fused-ring (bicyclic) bond motifs is 4. The molecule has 5 aromatic rings. The third-order valence-corrected chi connectivity index (χ3v) is 5.90. The van der Waals surface area contributed by atoms with E-state index >= 15 is 0 Å². The van der Waals surface area contributed by atoms with Gasteiger partial charge in [0.05, 0.1) is 16.8 Å². The van der Waals surface area contributed by atoms with Crippen molar-refractivity contribution in [2.45, 2.75) is 6.04 Å². The predicted molar refractivity (Wildman–Crippen MR) is 122 cm³/mol. The fourth-order valence-electron chi connectivity index (χ4n) is 4.30. The molecule has 1 aliphatic heterocycles. The fraction of sp³-hybridized carbons (Fsp3) is 0.0417. The molecule has 0 radical (unpaired) electrons. The van der Waals surface area contributed by atoms with E-state index in [0.29, 0.717) is 16.5 Å². The molecule has 1 N–H and O–H groups in total.